The number of benzene rings is 2. The third-order valence-corrected chi connectivity index (χ3v) is 9.56. The number of anilines is 1. The second-order valence-corrected chi connectivity index (χ2v) is 11.6. The normalized spacial score (nSPS) is 15.6. The van der Waals surface area contributed by atoms with E-state index in [1.54, 1.807) is 12.1 Å². The minimum atomic E-state index is -3.59. The highest BCUT2D eigenvalue weighted by Crippen LogP contribution is 2.32. The molecule has 1 saturated heterocycles. The Labute approximate surface area is 206 Å². The van der Waals surface area contributed by atoms with E-state index in [4.69, 9.17) is 4.42 Å². The van der Waals surface area contributed by atoms with Crippen LogP contribution in [0.15, 0.2) is 74.2 Å². The van der Waals surface area contributed by atoms with Crippen LogP contribution >= 0.6 is 23.1 Å². The fourth-order valence-corrected chi connectivity index (χ4v) is 7.38. The number of para-hydroxylation sites is 1. The number of amides is 1. The number of nitrogens with one attached hydrogen (secondary N) is 1. The maximum atomic E-state index is 13.1. The van der Waals surface area contributed by atoms with E-state index in [1.807, 2.05) is 54.1 Å². The molecule has 1 fully saturated rings. The van der Waals surface area contributed by atoms with Gasteiger partial charge in [-0.3, -0.25) is 4.79 Å². The molecule has 0 unspecified atom stereocenters. The molecule has 0 atom stereocenters. The molecule has 1 aliphatic rings. The quantitative estimate of drug-likeness (QED) is 0.351. The summed E-state index contributed by atoms with van der Waals surface area (Å²) in [4.78, 5) is 18.4. The monoisotopic (exact) mass is 513 g/mol. The van der Waals surface area contributed by atoms with Crippen molar-refractivity contribution in [2.45, 2.75) is 22.6 Å². The Kier molecular flexibility index (Phi) is 6.48. The second-order valence-electron chi connectivity index (χ2n) is 8.00. The average Bonchev–Trinajstić information content (AvgIpc) is 3.51. The fraction of sp³-hybridized carbons (Fsp3) is 0.250. The number of fused-ring (bicyclic) bond motifs is 1. The summed E-state index contributed by atoms with van der Waals surface area (Å²) < 4.78 is 33.6. The van der Waals surface area contributed by atoms with Crippen molar-refractivity contribution in [2.24, 2.45) is 5.92 Å². The van der Waals surface area contributed by atoms with E-state index < -0.39 is 10.0 Å². The molecule has 34 heavy (non-hydrogen) atoms. The number of thiazole rings is 1. The molecule has 1 aliphatic heterocycles. The predicted molar refractivity (Wildman–Crippen MR) is 136 cm³/mol. The van der Waals surface area contributed by atoms with Crippen LogP contribution < -0.4 is 5.32 Å². The highest BCUT2D eigenvalue weighted by molar-refractivity contribution is 7.99. The molecule has 10 heteroatoms. The van der Waals surface area contributed by atoms with Gasteiger partial charge in [0.1, 0.15) is 11.3 Å². The van der Waals surface area contributed by atoms with Crippen LogP contribution in [0.3, 0.4) is 0 Å². The molecule has 2 aromatic heterocycles. The first-order valence-electron chi connectivity index (χ1n) is 10.8. The van der Waals surface area contributed by atoms with Crippen LogP contribution in [0.2, 0.25) is 0 Å². The van der Waals surface area contributed by atoms with Gasteiger partial charge >= 0.3 is 0 Å². The number of furan rings is 1. The number of rotatable bonds is 6. The Morgan fingerprint density at radius 3 is 2.65 bits per heavy atom. The van der Waals surface area contributed by atoms with Crippen LogP contribution in [-0.4, -0.2) is 43.0 Å². The van der Waals surface area contributed by atoms with Crippen LogP contribution in [0.1, 0.15) is 12.8 Å². The largest absolute Gasteiger partial charge is 0.454 e. The number of hydrogen-bond donors (Lipinski definition) is 1. The summed E-state index contributed by atoms with van der Waals surface area (Å²) in [6, 6.07) is 16.7. The van der Waals surface area contributed by atoms with Gasteiger partial charge in [-0.15, -0.1) is 23.1 Å². The Morgan fingerprint density at radius 2 is 1.88 bits per heavy atom. The van der Waals surface area contributed by atoms with Crippen LogP contribution in [0.5, 0.6) is 0 Å². The SMILES string of the molecule is CSc1ccccc1S(=O)(=O)N1CCC(C(=O)Nc2nc(-c3cc4ccccc4o3)cs2)CC1. The molecule has 0 aliphatic carbocycles. The molecular formula is C24H23N3O4S3. The first-order chi connectivity index (χ1) is 16.5. The number of carbonyl (C=O) groups excluding carboxylic acids is 1. The van der Waals surface area contributed by atoms with E-state index in [1.165, 1.54) is 27.4 Å². The fourth-order valence-electron chi connectivity index (χ4n) is 4.09. The number of piperidine rings is 1. The second kappa shape index (κ2) is 9.53. The van der Waals surface area contributed by atoms with E-state index in [2.05, 4.69) is 10.3 Å². The summed E-state index contributed by atoms with van der Waals surface area (Å²) in [6.45, 7) is 0.622. The zero-order valence-electron chi connectivity index (χ0n) is 18.4. The minimum Gasteiger partial charge on any atom is -0.454 e. The molecule has 1 N–H and O–H groups in total. The number of aromatic nitrogens is 1. The van der Waals surface area contributed by atoms with Gasteiger partial charge in [0, 0.05) is 34.7 Å². The van der Waals surface area contributed by atoms with Crippen molar-refractivity contribution in [2.75, 3.05) is 24.7 Å². The molecule has 0 radical (unpaired) electrons. The molecular weight excluding hydrogens is 490 g/mol. The summed E-state index contributed by atoms with van der Waals surface area (Å²) in [5.41, 5.74) is 1.46. The van der Waals surface area contributed by atoms with Crippen molar-refractivity contribution >= 4 is 55.1 Å². The van der Waals surface area contributed by atoms with Crippen LogP contribution in [0.4, 0.5) is 5.13 Å². The van der Waals surface area contributed by atoms with Crippen molar-refractivity contribution in [3.8, 4) is 11.5 Å². The Hall–Kier alpha value is -2.66. The van der Waals surface area contributed by atoms with E-state index in [9.17, 15) is 13.2 Å². The standard InChI is InChI=1S/C24H23N3O4S3/c1-32-21-8-4-5-9-22(21)34(29,30)27-12-10-16(11-13-27)23(28)26-24-25-18(15-33-24)20-14-17-6-2-3-7-19(17)31-20/h2-9,14-16H,10-13H2,1H3,(H,25,26,28). The summed E-state index contributed by atoms with van der Waals surface area (Å²) in [5, 5.41) is 6.25. The molecule has 7 nitrogen and oxygen atoms in total. The molecule has 4 aromatic rings. The van der Waals surface area contributed by atoms with Gasteiger partial charge < -0.3 is 9.73 Å². The first kappa shape index (κ1) is 23.1. The van der Waals surface area contributed by atoms with Gasteiger partial charge in [-0.25, -0.2) is 13.4 Å². The predicted octanol–water partition coefficient (Wildman–Crippen LogP) is 5.32. The smallest absolute Gasteiger partial charge is 0.244 e. The summed E-state index contributed by atoms with van der Waals surface area (Å²) in [7, 11) is -3.59. The molecule has 0 bridgehead atoms. The lowest BCUT2D eigenvalue weighted by Crippen LogP contribution is -2.41. The van der Waals surface area contributed by atoms with Gasteiger partial charge in [0.25, 0.3) is 0 Å². The molecule has 176 valence electrons. The van der Waals surface area contributed by atoms with Gasteiger partial charge in [0.15, 0.2) is 10.9 Å². The van der Waals surface area contributed by atoms with Gasteiger partial charge in [-0.2, -0.15) is 4.31 Å². The summed E-state index contributed by atoms with van der Waals surface area (Å²) in [5.74, 6) is 0.259. The summed E-state index contributed by atoms with van der Waals surface area (Å²) >= 11 is 2.75. The minimum absolute atomic E-state index is 0.132. The van der Waals surface area contributed by atoms with E-state index in [0.717, 1.165) is 15.9 Å². The molecule has 1 amide bonds. The zero-order chi connectivity index (χ0) is 23.7. The van der Waals surface area contributed by atoms with Gasteiger partial charge in [-0.1, -0.05) is 30.3 Å². The number of carbonyl (C=O) groups is 1. The van der Waals surface area contributed by atoms with Crippen molar-refractivity contribution in [1.82, 2.24) is 9.29 Å². The maximum absolute atomic E-state index is 13.1. The Balaban J connectivity index is 1.22. The Morgan fingerprint density at radius 1 is 1.15 bits per heavy atom. The third kappa shape index (κ3) is 4.50. The van der Waals surface area contributed by atoms with Crippen LogP contribution in [0, 0.1) is 5.92 Å². The van der Waals surface area contributed by atoms with Gasteiger partial charge in [-0.05, 0) is 43.4 Å². The van der Waals surface area contributed by atoms with Gasteiger partial charge in [0.05, 0.1) is 4.90 Å². The first-order valence-corrected chi connectivity index (χ1v) is 14.4. The molecule has 3 heterocycles. The maximum Gasteiger partial charge on any atom is 0.244 e. The van der Waals surface area contributed by atoms with Crippen LogP contribution in [-0.2, 0) is 14.8 Å². The number of nitrogens with zero attached hydrogens (tertiary/aromatic N) is 2. The lowest BCUT2D eigenvalue weighted by atomic mass is 9.97. The Bertz CT molecular complexity index is 1400. The summed E-state index contributed by atoms with van der Waals surface area (Å²) in [6.07, 6.45) is 2.80. The van der Waals surface area contributed by atoms with Crippen molar-refractivity contribution < 1.29 is 17.6 Å². The van der Waals surface area contributed by atoms with Crippen molar-refractivity contribution in [3.63, 3.8) is 0 Å². The zero-order valence-corrected chi connectivity index (χ0v) is 20.9. The lowest BCUT2D eigenvalue weighted by Gasteiger charge is -2.30. The topological polar surface area (TPSA) is 92.5 Å². The van der Waals surface area contributed by atoms with Gasteiger partial charge in [0.2, 0.25) is 15.9 Å². The van der Waals surface area contributed by atoms with Crippen molar-refractivity contribution in [1.29, 1.82) is 0 Å². The molecule has 0 saturated carbocycles. The van der Waals surface area contributed by atoms with E-state index in [0.29, 0.717) is 47.4 Å². The van der Waals surface area contributed by atoms with Crippen LogP contribution in [0.25, 0.3) is 22.4 Å². The van der Waals surface area contributed by atoms with E-state index in [-0.39, 0.29) is 11.8 Å². The highest BCUT2D eigenvalue weighted by Gasteiger charge is 2.33. The number of thioether (sulfide) groups is 1. The number of hydrogen-bond acceptors (Lipinski definition) is 7. The van der Waals surface area contributed by atoms with E-state index >= 15 is 0 Å². The number of sulfonamides is 1. The molecule has 2 aromatic carbocycles. The lowest BCUT2D eigenvalue weighted by molar-refractivity contribution is -0.120. The average molecular weight is 514 g/mol. The molecule has 5 rings (SSSR count). The third-order valence-electron chi connectivity index (χ3n) is 5.92. The molecule has 0 spiro atoms. The highest BCUT2D eigenvalue weighted by atomic mass is 32.2. The van der Waals surface area contributed by atoms with Crippen molar-refractivity contribution in [3.05, 3.63) is 60.0 Å².